The molecule has 0 fully saturated rings. The Balaban J connectivity index is 1.65. The number of fused-ring (bicyclic) bond motifs is 2. The Labute approximate surface area is 148 Å². The number of nitrogens with two attached hydrogens (primary N) is 1. The highest BCUT2D eigenvalue weighted by atomic mass is 16.4. The van der Waals surface area contributed by atoms with E-state index in [9.17, 15) is 9.90 Å². The molecule has 2 aromatic rings. The molecule has 4 N–H and O–H groups in total. The molecule has 4 rings (SSSR count). The van der Waals surface area contributed by atoms with Crippen LogP contribution in [-0.4, -0.2) is 16.7 Å². The molecule has 0 heterocycles. The Morgan fingerprint density at radius 3 is 2.48 bits per heavy atom. The molecule has 0 saturated heterocycles. The summed E-state index contributed by atoms with van der Waals surface area (Å²) in [5, 5.41) is 13.3. The number of carbonyl (C=O) groups is 1. The van der Waals surface area contributed by atoms with Crippen LogP contribution in [0.25, 0.3) is 0 Å². The molecule has 0 bridgehead atoms. The lowest BCUT2D eigenvalue weighted by Crippen LogP contribution is -2.60. The Morgan fingerprint density at radius 1 is 1.04 bits per heavy atom. The maximum absolute atomic E-state index is 11.8. The van der Waals surface area contributed by atoms with Gasteiger partial charge >= 0.3 is 5.97 Å². The highest BCUT2D eigenvalue weighted by Crippen LogP contribution is 2.37. The Morgan fingerprint density at radius 2 is 1.72 bits per heavy atom. The van der Waals surface area contributed by atoms with E-state index in [2.05, 4.69) is 29.6 Å². The number of carboxylic acid groups (broad SMARTS) is 1. The Bertz CT molecular complexity index is 804. The highest BCUT2D eigenvalue weighted by Gasteiger charge is 2.40. The summed E-state index contributed by atoms with van der Waals surface area (Å²) in [4.78, 5) is 11.8. The second kappa shape index (κ2) is 6.28. The van der Waals surface area contributed by atoms with Gasteiger partial charge in [0, 0.05) is 12.5 Å². The molecule has 3 unspecified atom stereocenters. The van der Waals surface area contributed by atoms with Crippen molar-refractivity contribution in [2.75, 3.05) is 0 Å². The average molecular weight is 336 g/mol. The van der Waals surface area contributed by atoms with Crippen molar-refractivity contribution in [3.8, 4) is 0 Å². The first-order valence-corrected chi connectivity index (χ1v) is 9.00. The van der Waals surface area contributed by atoms with Crippen molar-refractivity contribution in [3.63, 3.8) is 0 Å². The van der Waals surface area contributed by atoms with Gasteiger partial charge in [-0.05, 0) is 47.9 Å². The number of benzene rings is 2. The molecule has 0 amide bonds. The molecule has 4 nitrogen and oxygen atoms in total. The number of hydrogen-bond donors (Lipinski definition) is 3. The van der Waals surface area contributed by atoms with Gasteiger partial charge in [0.15, 0.2) is 0 Å². The zero-order valence-corrected chi connectivity index (χ0v) is 14.2. The van der Waals surface area contributed by atoms with E-state index in [-0.39, 0.29) is 6.04 Å². The van der Waals surface area contributed by atoms with Crippen LogP contribution in [0, 0.1) is 5.92 Å². The van der Waals surface area contributed by atoms with Gasteiger partial charge in [-0.15, -0.1) is 0 Å². The van der Waals surface area contributed by atoms with Crippen molar-refractivity contribution in [2.24, 2.45) is 11.7 Å². The zero-order valence-electron chi connectivity index (χ0n) is 14.2. The van der Waals surface area contributed by atoms with Crippen LogP contribution in [0.15, 0.2) is 48.5 Å². The van der Waals surface area contributed by atoms with Gasteiger partial charge in [-0.25, -0.2) is 0 Å². The summed E-state index contributed by atoms with van der Waals surface area (Å²) in [6.07, 6.45) is 3.93. The van der Waals surface area contributed by atoms with E-state index in [4.69, 9.17) is 5.73 Å². The summed E-state index contributed by atoms with van der Waals surface area (Å²) < 4.78 is 0. The van der Waals surface area contributed by atoms with E-state index in [1.165, 1.54) is 16.7 Å². The smallest absolute Gasteiger partial charge is 0.308 e. The van der Waals surface area contributed by atoms with Crippen LogP contribution in [0.4, 0.5) is 0 Å². The van der Waals surface area contributed by atoms with Gasteiger partial charge < -0.3 is 10.8 Å². The second-order valence-electron chi connectivity index (χ2n) is 7.41. The van der Waals surface area contributed by atoms with E-state index in [1.54, 1.807) is 0 Å². The molecule has 0 radical (unpaired) electrons. The fourth-order valence-electron chi connectivity index (χ4n) is 4.40. The summed E-state index contributed by atoms with van der Waals surface area (Å²) in [7, 11) is 0. The van der Waals surface area contributed by atoms with Gasteiger partial charge in [0.1, 0.15) is 0 Å². The molecule has 25 heavy (non-hydrogen) atoms. The first-order chi connectivity index (χ1) is 12.1. The number of aliphatic carboxylic acids is 1. The fraction of sp³-hybridized carbons (Fsp3) is 0.381. The Hall–Kier alpha value is -2.17. The van der Waals surface area contributed by atoms with Gasteiger partial charge in [0.2, 0.25) is 0 Å². The largest absolute Gasteiger partial charge is 0.481 e. The van der Waals surface area contributed by atoms with Gasteiger partial charge in [-0.2, -0.15) is 0 Å². The summed E-state index contributed by atoms with van der Waals surface area (Å²) in [5.41, 5.74) is 11.1. The second-order valence-corrected chi connectivity index (χ2v) is 7.41. The lowest BCUT2D eigenvalue weighted by atomic mass is 9.77. The van der Waals surface area contributed by atoms with Crippen molar-refractivity contribution in [2.45, 2.75) is 43.8 Å². The van der Waals surface area contributed by atoms with Crippen LogP contribution >= 0.6 is 0 Å². The van der Waals surface area contributed by atoms with Crippen LogP contribution in [0.2, 0.25) is 0 Å². The molecule has 4 heteroatoms. The van der Waals surface area contributed by atoms with E-state index in [0.717, 1.165) is 31.2 Å². The third kappa shape index (κ3) is 3.08. The first-order valence-electron chi connectivity index (χ1n) is 9.00. The topological polar surface area (TPSA) is 75.3 Å². The average Bonchev–Trinajstić information content (AvgIpc) is 2.61. The monoisotopic (exact) mass is 336 g/mol. The van der Waals surface area contributed by atoms with Crippen molar-refractivity contribution in [3.05, 3.63) is 70.8 Å². The van der Waals surface area contributed by atoms with Crippen molar-refractivity contribution in [1.29, 1.82) is 0 Å². The van der Waals surface area contributed by atoms with Crippen LogP contribution in [0.5, 0.6) is 0 Å². The fourth-order valence-corrected chi connectivity index (χ4v) is 4.40. The molecule has 0 aromatic heterocycles. The molecule has 0 spiro atoms. The van der Waals surface area contributed by atoms with Crippen LogP contribution in [0.3, 0.4) is 0 Å². The van der Waals surface area contributed by atoms with Crippen LogP contribution in [0.1, 0.15) is 41.1 Å². The maximum Gasteiger partial charge on any atom is 0.308 e. The summed E-state index contributed by atoms with van der Waals surface area (Å²) in [6.45, 7) is 0. The number of carboxylic acids is 1. The predicted octanol–water partition coefficient (Wildman–Crippen LogP) is 2.81. The van der Waals surface area contributed by atoms with Gasteiger partial charge in [-0.1, -0.05) is 48.5 Å². The standard InChI is InChI=1S/C21H24N2O2/c22-21(12-11-14-5-1-2-7-16(14)13-21)23-19-17-8-4-3-6-15(17)9-10-18(19)20(24)25/h1-8,18-19,23H,9-13,22H2,(H,24,25). The number of aryl methyl sites for hydroxylation is 2. The lowest BCUT2D eigenvalue weighted by Gasteiger charge is -2.42. The molecule has 130 valence electrons. The third-order valence-corrected chi connectivity index (χ3v) is 5.74. The first kappa shape index (κ1) is 16.3. The van der Waals surface area contributed by atoms with E-state index in [0.29, 0.717) is 6.42 Å². The molecule has 2 aromatic carbocycles. The minimum absolute atomic E-state index is 0.238. The van der Waals surface area contributed by atoms with E-state index >= 15 is 0 Å². The van der Waals surface area contributed by atoms with Gasteiger partial charge in [0.25, 0.3) is 0 Å². The quantitative estimate of drug-likeness (QED) is 0.754. The van der Waals surface area contributed by atoms with Crippen molar-refractivity contribution < 1.29 is 9.90 Å². The van der Waals surface area contributed by atoms with E-state index in [1.807, 2.05) is 24.3 Å². The van der Waals surface area contributed by atoms with Crippen LogP contribution < -0.4 is 11.1 Å². The molecule has 0 saturated carbocycles. The number of nitrogens with one attached hydrogen (secondary N) is 1. The zero-order chi connectivity index (χ0) is 17.4. The predicted molar refractivity (Wildman–Crippen MR) is 97.2 cm³/mol. The maximum atomic E-state index is 11.8. The van der Waals surface area contributed by atoms with Gasteiger partial charge in [-0.3, -0.25) is 10.1 Å². The number of rotatable bonds is 3. The summed E-state index contributed by atoms with van der Waals surface area (Å²) in [5.74, 6) is -1.18. The number of hydrogen-bond acceptors (Lipinski definition) is 3. The van der Waals surface area contributed by atoms with Crippen LogP contribution in [-0.2, 0) is 24.1 Å². The van der Waals surface area contributed by atoms with Crippen molar-refractivity contribution >= 4 is 5.97 Å². The highest BCUT2D eigenvalue weighted by molar-refractivity contribution is 5.72. The minimum atomic E-state index is -0.744. The minimum Gasteiger partial charge on any atom is -0.481 e. The summed E-state index contributed by atoms with van der Waals surface area (Å²) >= 11 is 0. The van der Waals surface area contributed by atoms with Crippen molar-refractivity contribution in [1.82, 2.24) is 5.32 Å². The molecule has 3 atom stereocenters. The molecular formula is C21H24N2O2. The van der Waals surface area contributed by atoms with Gasteiger partial charge in [0.05, 0.1) is 11.6 Å². The molecule has 2 aliphatic rings. The SMILES string of the molecule is NC1(NC2c3ccccc3CCC2C(=O)O)CCc2ccccc2C1. The Kier molecular flexibility index (Phi) is 4.10. The molecule has 2 aliphatic carbocycles. The third-order valence-electron chi connectivity index (χ3n) is 5.74. The summed E-state index contributed by atoms with van der Waals surface area (Å²) in [6, 6.07) is 16.3. The normalized spacial score (nSPS) is 28.0. The lowest BCUT2D eigenvalue weighted by molar-refractivity contribution is -0.143. The molecular weight excluding hydrogens is 312 g/mol. The van der Waals surface area contributed by atoms with E-state index < -0.39 is 17.6 Å². The molecule has 0 aliphatic heterocycles.